The van der Waals surface area contributed by atoms with Crippen LogP contribution < -0.4 is 10.5 Å². The lowest BCUT2D eigenvalue weighted by Gasteiger charge is -2.08. The van der Waals surface area contributed by atoms with E-state index < -0.39 is 10.0 Å². The van der Waals surface area contributed by atoms with Crippen LogP contribution in [-0.4, -0.2) is 20.9 Å². The van der Waals surface area contributed by atoms with Gasteiger partial charge in [0.2, 0.25) is 10.0 Å². The summed E-state index contributed by atoms with van der Waals surface area (Å²) in [5.41, 5.74) is 0.283. The minimum Gasteiger partial charge on any atom is -0.352 e. The van der Waals surface area contributed by atoms with Crippen LogP contribution in [0.1, 0.15) is 43.5 Å². The predicted octanol–water partition coefficient (Wildman–Crippen LogP) is 2.65. The van der Waals surface area contributed by atoms with Crippen molar-refractivity contribution < 1.29 is 13.2 Å². The van der Waals surface area contributed by atoms with Crippen LogP contribution in [-0.2, 0) is 10.0 Å². The number of rotatable bonds is 7. The number of unbranched alkanes of at least 4 members (excludes halogenated alkanes) is 1. The zero-order valence-corrected chi connectivity index (χ0v) is 14.6. The number of amides is 1. The summed E-state index contributed by atoms with van der Waals surface area (Å²) in [5, 5.41) is 7.89. The number of sulfonamides is 1. The van der Waals surface area contributed by atoms with Gasteiger partial charge in [0.05, 0.1) is 4.90 Å². The number of carbonyl (C=O) groups is 1. The highest BCUT2D eigenvalue weighted by Crippen LogP contribution is 2.22. The molecule has 0 aliphatic carbocycles. The number of carbonyl (C=O) groups excluding carboxylic acids is 1. The molecule has 7 heteroatoms. The first-order valence-electron chi connectivity index (χ1n) is 6.82. The van der Waals surface area contributed by atoms with Crippen LogP contribution in [0.15, 0.2) is 27.6 Å². The van der Waals surface area contributed by atoms with E-state index in [2.05, 4.69) is 35.1 Å². The van der Waals surface area contributed by atoms with Crippen LogP contribution in [0, 0.1) is 5.92 Å². The lowest BCUT2D eigenvalue weighted by atomic mass is 10.1. The third-order valence-electron chi connectivity index (χ3n) is 2.99. The molecule has 3 N–H and O–H groups in total. The maximum atomic E-state index is 12.0. The Bertz CT molecular complexity index is 600. The molecule has 0 aliphatic rings. The van der Waals surface area contributed by atoms with Crippen LogP contribution in [0.5, 0.6) is 0 Å². The Hall–Kier alpha value is -0.920. The summed E-state index contributed by atoms with van der Waals surface area (Å²) in [7, 11) is -3.86. The van der Waals surface area contributed by atoms with Crippen molar-refractivity contribution in [2.75, 3.05) is 6.54 Å². The summed E-state index contributed by atoms with van der Waals surface area (Å²) < 4.78 is 23.2. The number of hydrogen-bond acceptors (Lipinski definition) is 3. The molecule has 5 nitrogen and oxygen atoms in total. The Morgan fingerprint density at radius 1 is 1.33 bits per heavy atom. The molecule has 0 saturated carbocycles. The predicted molar refractivity (Wildman–Crippen MR) is 86.5 cm³/mol. The van der Waals surface area contributed by atoms with Crippen LogP contribution in [0.4, 0.5) is 0 Å². The van der Waals surface area contributed by atoms with Crippen molar-refractivity contribution in [2.24, 2.45) is 11.1 Å². The molecule has 0 unspecified atom stereocenters. The second kappa shape index (κ2) is 7.91. The summed E-state index contributed by atoms with van der Waals surface area (Å²) in [6.07, 6.45) is 3.09. The molecule has 0 aliphatic heterocycles. The number of halogens is 1. The minimum absolute atomic E-state index is 0.0880. The Morgan fingerprint density at radius 3 is 2.57 bits per heavy atom. The Kier molecular flexibility index (Phi) is 6.83. The first kappa shape index (κ1) is 18.1. The van der Waals surface area contributed by atoms with Crippen molar-refractivity contribution in [3.05, 3.63) is 28.2 Å². The second-order valence-electron chi connectivity index (χ2n) is 5.34. The van der Waals surface area contributed by atoms with E-state index in [4.69, 9.17) is 5.14 Å². The Labute approximate surface area is 134 Å². The van der Waals surface area contributed by atoms with Crippen LogP contribution in [0.25, 0.3) is 0 Å². The standard InChI is InChI=1S/C14H21BrN2O3S/c1-10(2)5-3-4-8-17-14(18)11-6-7-12(15)13(9-11)21(16,19)20/h6-7,9-10H,3-5,8H2,1-2H3,(H,17,18)(H2,16,19,20). The fourth-order valence-electron chi connectivity index (χ4n) is 1.84. The molecule has 0 fully saturated rings. The Morgan fingerprint density at radius 2 is 2.00 bits per heavy atom. The van der Waals surface area contributed by atoms with E-state index in [9.17, 15) is 13.2 Å². The van der Waals surface area contributed by atoms with Gasteiger partial charge in [-0.05, 0) is 46.5 Å². The van der Waals surface area contributed by atoms with Gasteiger partial charge >= 0.3 is 0 Å². The van der Waals surface area contributed by atoms with Crippen LogP contribution in [0.2, 0.25) is 0 Å². The van der Waals surface area contributed by atoms with Gasteiger partial charge in [-0.15, -0.1) is 0 Å². The van der Waals surface area contributed by atoms with E-state index in [-0.39, 0.29) is 16.4 Å². The fourth-order valence-corrected chi connectivity index (χ4v) is 3.40. The average molecular weight is 377 g/mol. The number of nitrogens with one attached hydrogen (secondary N) is 1. The molecule has 0 bridgehead atoms. The van der Waals surface area contributed by atoms with Crippen molar-refractivity contribution in [3.63, 3.8) is 0 Å². The maximum Gasteiger partial charge on any atom is 0.251 e. The van der Waals surface area contributed by atoms with E-state index in [1.54, 1.807) is 6.07 Å². The molecular formula is C14H21BrN2O3S. The van der Waals surface area contributed by atoms with E-state index in [1.165, 1.54) is 12.1 Å². The van der Waals surface area contributed by atoms with Gasteiger partial charge in [0.25, 0.3) is 5.91 Å². The van der Waals surface area contributed by atoms with E-state index in [0.717, 1.165) is 19.3 Å². The highest BCUT2D eigenvalue weighted by molar-refractivity contribution is 9.10. The van der Waals surface area contributed by atoms with E-state index >= 15 is 0 Å². The first-order valence-corrected chi connectivity index (χ1v) is 9.16. The summed E-state index contributed by atoms with van der Waals surface area (Å²) in [6, 6.07) is 4.35. The summed E-state index contributed by atoms with van der Waals surface area (Å²) in [4.78, 5) is 11.9. The summed E-state index contributed by atoms with van der Waals surface area (Å²) in [5.74, 6) is 0.362. The van der Waals surface area contributed by atoms with Crippen molar-refractivity contribution in [1.82, 2.24) is 5.32 Å². The van der Waals surface area contributed by atoms with Crippen molar-refractivity contribution in [1.29, 1.82) is 0 Å². The smallest absolute Gasteiger partial charge is 0.251 e. The second-order valence-corrected chi connectivity index (χ2v) is 7.72. The maximum absolute atomic E-state index is 12.0. The summed E-state index contributed by atoms with van der Waals surface area (Å²) in [6.45, 7) is 4.90. The van der Waals surface area contributed by atoms with Gasteiger partial charge in [0, 0.05) is 16.6 Å². The van der Waals surface area contributed by atoms with Gasteiger partial charge in [-0.2, -0.15) is 0 Å². The first-order chi connectivity index (χ1) is 9.71. The SMILES string of the molecule is CC(C)CCCCNC(=O)c1ccc(Br)c(S(N)(=O)=O)c1. The van der Waals surface area contributed by atoms with Crippen molar-refractivity contribution in [2.45, 2.75) is 38.0 Å². The van der Waals surface area contributed by atoms with Gasteiger partial charge < -0.3 is 5.32 Å². The minimum atomic E-state index is -3.86. The summed E-state index contributed by atoms with van der Waals surface area (Å²) >= 11 is 3.11. The normalized spacial score (nSPS) is 11.7. The molecule has 118 valence electrons. The van der Waals surface area contributed by atoms with Gasteiger partial charge in [-0.1, -0.05) is 26.7 Å². The lowest BCUT2D eigenvalue weighted by molar-refractivity contribution is 0.0952. The molecule has 1 aromatic carbocycles. The molecule has 0 saturated heterocycles. The third kappa shape index (κ3) is 6.15. The Balaban J connectivity index is 2.63. The van der Waals surface area contributed by atoms with E-state index in [1.807, 2.05) is 0 Å². The molecule has 0 radical (unpaired) electrons. The quantitative estimate of drug-likeness (QED) is 0.716. The number of hydrogen-bond donors (Lipinski definition) is 2. The third-order valence-corrected chi connectivity index (χ3v) is 4.90. The number of benzene rings is 1. The number of nitrogens with two attached hydrogens (primary N) is 1. The fraction of sp³-hybridized carbons (Fsp3) is 0.500. The van der Waals surface area contributed by atoms with Crippen LogP contribution >= 0.6 is 15.9 Å². The number of primary sulfonamides is 1. The zero-order chi connectivity index (χ0) is 16.0. The van der Waals surface area contributed by atoms with Gasteiger partial charge in [-0.25, -0.2) is 13.6 Å². The monoisotopic (exact) mass is 376 g/mol. The van der Waals surface area contributed by atoms with E-state index in [0.29, 0.717) is 16.9 Å². The van der Waals surface area contributed by atoms with Crippen LogP contribution in [0.3, 0.4) is 0 Å². The molecular weight excluding hydrogens is 356 g/mol. The molecule has 0 aromatic heterocycles. The largest absolute Gasteiger partial charge is 0.352 e. The average Bonchev–Trinajstić information content (AvgIpc) is 2.36. The topological polar surface area (TPSA) is 89.3 Å². The molecule has 1 aromatic rings. The van der Waals surface area contributed by atoms with Gasteiger partial charge in [0.15, 0.2) is 0 Å². The molecule has 0 atom stereocenters. The highest BCUT2D eigenvalue weighted by Gasteiger charge is 2.15. The molecule has 1 rings (SSSR count). The molecule has 21 heavy (non-hydrogen) atoms. The van der Waals surface area contributed by atoms with Crippen molar-refractivity contribution in [3.8, 4) is 0 Å². The lowest BCUT2D eigenvalue weighted by Crippen LogP contribution is -2.25. The molecule has 0 spiro atoms. The van der Waals surface area contributed by atoms with Gasteiger partial charge in [0.1, 0.15) is 0 Å². The highest BCUT2D eigenvalue weighted by atomic mass is 79.9. The van der Waals surface area contributed by atoms with Gasteiger partial charge in [-0.3, -0.25) is 4.79 Å². The van der Waals surface area contributed by atoms with Crippen molar-refractivity contribution >= 4 is 31.9 Å². The molecule has 0 heterocycles. The molecule has 1 amide bonds. The zero-order valence-electron chi connectivity index (χ0n) is 12.2.